The lowest BCUT2D eigenvalue weighted by atomic mass is 9.84. The number of rotatable bonds is 4. The van der Waals surface area contributed by atoms with E-state index in [0.717, 1.165) is 34.2 Å². The number of carbonyl (C=O) groups is 1. The van der Waals surface area contributed by atoms with E-state index in [2.05, 4.69) is 4.98 Å². The van der Waals surface area contributed by atoms with Crippen LogP contribution in [0.4, 0.5) is 8.78 Å². The second-order valence-electron chi connectivity index (χ2n) is 10.1. The van der Waals surface area contributed by atoms with E-state index >= 15 is 0 Å². The second kappa shape index (κ2) is 8.38. The molecule has 0 unspecified atom stereocenters. The number of hydrogen-bond donors (Lipinski definition) is 0. The average molecular weight is 476 g/mol. The summed E-state index contributed by atoms with van der Waals surface area (Å²) in [5, 5.41) is 1.93. The van der Waals surface area contributed by atoms with Crippen molar-refractivity contribution >= 4 is 27.5 Å². The Kier molecular flexibility index (Phi) is 5.59. The maximum absolute atomic E-state index is 14.6. The number of Topliss-reactive ketones (excluding diaryl/α,β-unsaturated/α-hetero) is 1. The van der Waals surface area contributed by atoms with E-state index in [1.54, 1.807) is 12.3 Å². The quantitative estimate of drug-likeness (QED) is 0.318. The van der Waals surface area contributed by atoms with Gasteiger partial charge in [-0.3, -0.25) is 9.78 Å². The summed E-state index contributed by atoms with van der Waals surface area (Å²) in [7, 11) is 0. The van der Waals surface area contributed by atoms with Gasteiger partial charge in [0.05, 0.1) is 17.7 Å². The van der Waals surface area contributed by atoms with Crippen LogP contribution in [0.25, 0.3) is 32.8 Å². The van der Waals surface area contributed by atoms with E-state index in [9.17, 15) is 13.6 Å². The van der Waals surface area contributed by atoms with Gasteiger partial charge in [-0.05, 0) is 98.0 Å². The maximum Gasteiger partial charge on any atom is 0.163 e. The zero-order valence-corrected chi connectivity index (χ0v) is 20.5. The lowest BCUT2D eigenvalue weighted by Gasteiger charge is -2.30. The first-order chi connectivity index (χ1) is 16.5. The summed E-state index contributed by atoms with van der Waals surface area (Å²) >= 11 is 0. The molecule has 2 heterocycles. The van der Waals surface area contributed by atoms with Gasteiger partial charge in [-0.1, -0.05) is 6.07 Å². The first kappa shape index (κ1) is 23.4. The number of nitrogens with zero attached hydrogens (tertiary/aromatic N) is 1. The van der Waals surface area contributed by atoms with Crippen LogP contribution in [0.2, 0.25) is 0 Å². The number of ether oxygens (including phenoxy) is 2. The molecule has 0 saturated carbocycles. The summed E-state index contributed by atoms with van der Waals surface area (Å²) in [4.78, 5) is 17.6. The first-order valence-electron chi connectivity index (χ1n) is 11.7. The molecule has 1 aromatic heterocycles. The Morgan fingerprint density at radius 1 is 1.11 bits per heavy atom. The van der Waals surface area contributed by atoms with Gasteiger partial charge >= 0.3 is 0 Å². The van der Waals surface area contributed by atoms with Crippen LogP contribution in [-0.4, -0.2) is 23.0 Å². The van der Waals surface area contributed by atoms with Crippen molar-refractivity contribution in [2.24, 2.45) is 0 Å². The molecule has 0 saturated heterocycles. The molecule has 3 aromatic carbocycles. The minimum Gasteiger partial charge on any atom is -0.493 e. The number of hydrogen-bond acceptors (Lipinski definition) is 4. The van der Waals surface area contributed by atoms with Gasteiger partial charge in [-0.15, -0.1) is 0 Å². The highest BCUT2D eigenvalue weighted by Gasteiger charge is 2.31. The Balaban J connectivity index is 1.94. The number of benzene rings is 3. The first-order valence-corrected chi connectivity index (χ1v) is 11.7. The molecule has 35 heavy (non-hydrogen) atoms. The van der Waals surface area contributed by atoms with Gasteiger partial charge in [0.15, 0.2) is 17.4 Å². The largest absolute Gasteiger partial charge is 0.493 e. The third-order valence-corrected chi connectivity index (χ3v) is 6.37. The smallest absolute Gasteiger partial charge is 0.163 e. The Hall–Kier alpha value is -3.38. The van der Waals surface area contributed by atoms with Crippen molar-refractivity contribution in [3.05, 3.63) is 70.9 Å². The Labute approximate surface area is 202 Å². The van der Waals surface area contributed by atoms with Crippen molar-refractivity contribution in [1.29, 1.82) is 0 Å². The van der Waals surface area contributed by atoms with E-state index in [1.165, 1.54) is 19.1 Å². The molecule has 1 atom stereocenters. The fraction of sp³-hybridized carbons (Fsp3) is 0.310. The Bertz CT molecular complexity index is 1490. The summed E-state index contributed by atoms with van der Waals surface area (Å²) in [6.07, 6.45) is 1.60. The van der Waals surface area contributed by atoms with Gasteiger partial charge in [0.2, 0.25) is 0 Å². The van der Waals surface area contributed by atoms with E-state index in [-0.39, 0.29) is 5.78 Å². The van der Waals surface area contributed by atoms with Crippen molar-refractivity contribution in [1.82, 2.24) is 4.98 Å². The second-order valence-corrected chi connectivity index (χ2v) is 10.1. The highest BCUT2D eigenvalue weighted by Crippen LogP contribution is 2.45. The molecule has 0 fully saturated rings. The number of pyridine rings is 1. The average Bonchev–Trinajstić information content (AvgIpc) is 2.78. The zero-order chi connectivity index (χ0) is 25.1. The number of halogens is 2. The predicted molar refractivity (Wildman–Crippen MR) is 133 cm³/mol. The number of aryl methyl sites for hydroxylation is 1. The van der Waals surface area contributed by atoms with Crippen molar-refractivity contribution in [3.63, 3.8) is 0 Å². The van der Waals surface area contributed by atoms with Crippen LogP contribution >= 0.6 is 0 Å². The highest BCUT2D eigenvalue weighted by atomic mass is 19.2. The molecular formula is C29H27F2NO3. The zero-order valence-electron chi connectivity index (χ0n) is 20.5. The lowest BCUT2D eigenvalue weighted by Crippen LogP contribution is -2.27. The molecule has 5 rings (SSSR count). The SMILES string of the molecule is CC(=O)[C@H](OC(C)(C)C)c1c(C)cc2cc(F)c(F)cc2c1-c1ccc2c3c(ccnc13)CCO2. The van der Waals surface area contributed by atoms with Gasteiger partial charge in [-0.2, -0.15) is 0 Å². The van der Waals surface area contributed by atoms with Crippen LogP contribution < -0.4 is 4.74 Å². The van der Waals surface area contributed by atoms with E-state index in [1.807, 2.05) is 45.9 Å². The molecular weight excluding hydrogens is 448 g/mol. The molecule has 0 N–H and O–H groups in total. The molecule has 1 aliphatic heterocycles. The van der Waals surface area contributed by atoms with Crippen LogP contribution in [0.3, 0.4) is 0 Å². The third-order valence-electron chi connectivity index (χ3n) is 6.37. The van der Waals surface area contributed by atoms with Crippen LogP contribution in [0, 0.1) is 18.6 Å². The van der Waals surface area contributed by atoms with Gasteiger partial charge in [0.1, 0.15) is 11.9 Å². The monoisotopic (exact) mass is 475 g/mol. The number of fused-ring (bicyclic) bond motifs is 1. The molecule has 0 spiro atoms. The number of carbonyl (C=O) groups excluding carboxylic acids is 1. The summed E-state index contributed by atoms with van der Waals surface area (Å²) in [5.74, 6) is -1.31. The summed E-state index contributed by atoms with van der Waals surface area (Å²) in [6.45, 7) is 9.59. The topological polar surface area (TPSA) is 48.4 Å². The van der Waals surface area contributed by atoms with E-state index in [4.69, 9.17) is 9.47 Å². The van der Waals surface area contributed by atoms with Crippen molar-refractivity contribution in [2.45, 2.75) is 52.7 Å². The molecule has 4 nitrogen and oxygen atoms in total. The molecule has 0 amide bonds. The predicted octanol–water partition coefficient (Wildman–Crippen LogP) is 7.02. The summed E-state index contributed by atoms with van der Waals surface area (Å²) in [5.41, 5.74) is 3.90. The van der Waals surface area contributed by atoms with Crippen molar-refractivity contribution < 1.29 is 23.0 Å². The number of aromatic nitrogens is 1. The summed E-state index contributed by atoms with van der Waals surface area (Å²) in [6, 6.07) is 9.91. The fourth-order valence-electron chi connectivity index (χ4n) is 4.98. The van der Waals surface area contributed by atoms with Gasteiger partial charge in [0, 0.05) is 23.6 Å². The third kappa shape index (κ3) is 4.06. The van der Waals surface area contributed by atoms with Gasteiger partial charge in [-0.25, -0.2) is 8.78 Å². The minimum atomic E-state index is -0.955. The molecule has 180 valence electrons. The summed E-state index contributed by atoms with van der Waals surface area (Å²) < 4.78 is 41.0. The molecule has 0 aliphatic carbocycles. The van der Waals surface area contributed by atoms with Crippen LogP contribution in [0.1, 0.15) is 50.5 Å². The fourth-order valence-corrected chi connectivity index (χ4v) is 4.98. The lowest BCUT2D eigenvalue weighted by molar-refractivity contribution is -0.138. The van der Waals surface area contributed by atoms with Crippen molar-refractivity contribution in [2.75, 3.05) is 6.61 Å². The van der Waals surface area contributed by atoms with E-state index in [0.29, 0.717) is 34.0 Å². The Morgan fingerprint density at radius 2 is 1.86 bits per heavy atom. The van der Waals surface area contributed by atoms with Crippen LogP contribution in [0.5, 0.6) is 5.75 Å². The minimum absolute atomic E-state index is 0.176. The van der Waals surface area contributed by atoms with Gasteiger partial charge < -0.3 is 9.47 Å². The number of ketones is 1. The molecule has 4 aromatic rings. The van der Waals surface area contributed by atoms with Crippen LogP contribution in [0.15, 0.2) is 42.6 Å². The normalized spacial score (nSPS) is 14.3. The van der Waals surface area contributed by atoms with Gasteiger partial charge in [0.25, 0.3) is 0 Å². The Morgan fingerprint density at radius 3 is 2.57 bits per heavy atom. The standard InChI is InChI=1S/C29H27F2NO3/c1-15-12-18-13-21(30)22(31)14-20(18)26(24(15)28(16(2)33)35-29(3,4)5)19-6-7-23-25-17(9-11-34-23)8-10-32-27(19)25/h6-8,10,12-14,28H,9,11H2,1-5H3/t28-/m0/s1. The molecule has 0 radical (unpaired) electrons. The molecule has 6 heteroatoms. The highest BCUT2D eigenvalue weighted by molar-refractivity contribution is 6.09. The molecule has 1 aliphatic rings. The van der Waals surface area contributed by atoms with Crippen molar-refractivity contribution in [3.8, 4) is 16.9 Å². The van der Waals surface area contributed by atoms with E-state index < -0.39 is 23.3 Å². The van der Waals surface area contributed by atoms with Crippen LogP contribution in [-0.2, 0) is 16.0 Å². The molecule has 0 bridgehead atoms. The maximum atomic E-state index is 14.6.